The lowest BCUT2D eigenvalue weighted by Gasteiger charge is -2.36. The summed E-state index contributed by atoms with van der Waals surface area (Å²) in [5, 5.41) is 2.73. The maximum Gasteiger partial charge on any atom is 0.325 e. The predicted molar refractivity (Wildman–Crippen MR) is 124 cm³/mol. The van der Waals surface area contributed by atoms with Crippen LogP contribution in [0.5, 0.6) is 11.5 Å². The summed E-state index contributed by atoms with van der Waals surface area (Å²) in [4.78, 5) is 45.8. The summed E-state index contributed by atoms with van der Waals surface area (Å²) in [6.07, 6.45) is 6.91. The zero-order valence-corrected chi connectivity index (χ0v) is 19.5. The number of nitrogens with zero attached hydrogens (tertiary/aromatic N) is 3. The highest BCUT2D eigenvalue weighted by Gasteiger charge is 2.38. The number of rotatable bonds is 8. The van der Waals surface area contributed by atoms with Gasteiger partial charge >= 0.3 is 6.03 Å². The summed E-state index contributed by atoms with van der Waals surface area (Å²) in [5.74, 6) is 0.769. The number of ether oxygens (including phenoxy) is 2. The minimum atomic E-state index is -0.710. The molecule has 4 amide bonds. The Kier molecular flexibility index (Phi) is 7.30. The van der Waals surface area contributed by atoms with E-state index < -0.39 is 12.1 Å². The van der Waals surface area contributed by atoms with Crippen LogP contribution in [-0.4, -0.2) is 59.4 Å². The molecule has 2 aliphatic rings. The van der Waals surface area contributed by atoms with Gasteiger partial charge in [-0.2, -0.15) is 0 Å². The van der Waals surface area contributed by atoms with Gasteiger partial charge in [-0.05, 0) is 55.0 Å². The van der Waals surface area contributed by atoms with E-state index in [1.807, 2.05) is 23.2 Å². The monoisotopic (exact) mass is 466 g/mol. The molecule has 2 saturated heterocycles. The van der Waals surface area contributed by atoms with Gasteiger partial charge in [0.1, 0.15) is 6.04 Å². The molecular formula is C25H30N4O5. The highest BCUT2D eigenvalue weighted by atomic mass is 16.5. The largest absolute Gasteiger partial charge is 0.493 e. The number of carbonyl (C=O) groups excluding carboxylic acids is 3. The lowest BCUT2D eigenvalue weighted by Crippen LogP contribution is -2.39. The normalized spacial score (nSPS) is 20.3. The molecular weight excluding hydrogens is 436 g/mol. The van der Waals surface area contributed by atoms with Crippen LogP contribution in [0.4, 0.5) is 4.79 Å². The Hall–Kier alpha value is -3.62. The number of aromatic nitrogens is 1. The predicted octanol–water partition coefficient (Wildman–Crippen LogP) is 3.05. The van der Waals surface area contributed by atoms with Crippen molar-refractivity contribution < 1.29 is 23.9 Å². The third-order valence-corrected chi connectivity index (χ3v) is 6.43. The summed E-state index contributed by atoms with van der Waals surface area (Å²) in [6.45, 7) is 0.805. The maximum atomic E-state index is 13.1. The highest BCUT2D eigenvalue weighted by molar-refractivity contribution is 6.04. The van der Waals surface area contributed by atoms with Gasteiger partial charge in [-0.3, -0.25) is 19.5 Å². The Balaban J connectivity index is 1.37. The molecule has 0 saturated carbocycles. The SMILES string of the molecule is COc1ccc(CN2C(=O)NC(CCC(=O)N3CCCCC3c3cccnc3)C2=O)cc1OC. The summed E-state index contributed by atoms with van der Waals surface area (Å²) in [6, 6.07) is 7.98. The van der Waals surface area contributed by atoms with Crippen LogP contribution in [-0.2, 0) is 16.1 Å². The Labute approximate surface area is 199 Å². The van der Waals surface area contributed by atoms with Crippen molar-refractivity contribution in [2.75, 3.05) is 20.8 Å². The van der Waals surface area contributed by atoms with Gasteiger partial charge in [0, 0.05) is 25.4 Å². The molecule has 0 aliphatic carbocycles. The van der Waals surface area contributed by atoms with E-state index in [2.05, 4.69) is 10.3 Å². The number of urea groups is 1. The van der Waals surface area contributed by atoms with Crippen molar-refractivity contribution in [2.45, 2.75) is 50.7 Å². The quantitative estimate of drug-likeness (QED) is 0.600. The van der Waals surface area contributed by atoms with Gasteiger partial charge in [-0.15, -0.1) is 0 Å². The molecule has 2 unspecified atom stereocenters. The van der Waals surface area contributed by atoms with Crippen molar-refractivity contribution >= 4 is 17.8 Å². The Morgan fingerprint density at radius 3 is 2.71 bits per heavy atom. The van der Waals surface area contributed by atoms with Crippen LogP contribution in [0.3, 0.4) is 0 Å². The third-order valence-electron chi connectivity index (χ3n) is 6.43. The van der Waals surface area contributed by atoms with E-state index in [1.54, 1.807) is 31.5 Å². The van der Waals surface area contributed by atoms with Crippen LogP contribution in [0.2, 0.25) is 0 Å². The first-order chi connectivity index (χ1) is 16.5. The second-order valence-electron chi connectivity index (χ2n) is 8.54. The summed E-state index contributed by atoms with van der Waals surface area (Å²) < 4.78 is 10.5. The molecule has 2 aliphatic heterocycles. The summed E-state index contributed by atoms with van der Waals surface area (Å²) >= 11 is 0. The van der Waals surface area contributed by atoms with E-state index in [4.69, 9.17) is 9.47 Å². The van der Waals surface area contributed by atoms with E-state index in [1.165, 1.54) is 12.0 Å². The van der Waals surface area contributed by atoms with Crippen molar-refractivity contribution in [3.05, 3.63) is 53.9 Å². The Morgan fingerprint density at radius 2 is 1.97 bits per heavy atom. The zero-order chi connectivity index (χ0) is 24.1. The molecule has 3 heterocycles. The van der Waals surface area contributed by atoms with E-state index in [9.17, 15) is 14.4 Å². The number of pyridine rings is 1. The third kappa shape index (κ3) is 4.98. The number of methoxy groups -OCH3 is 2. The van der Waals surface area contributed by atoms with Gasteiger partial charge in [-0.25, -0.2) is 4.79 Å². The van der Waals surface area contributed by atoms with Gasteiger partial charge in [0.15, 0.2) is 11.5 Å². The number of piperidine rings is 1. The van der Waals surface area contributed by atoms with Crippen LogP contribution in [0.1, 0.15) is 49.3 Å². The van der Waals surface area contributed by atoms with E-state index in [-0.39, 0.29) is 37.2 Å². The van der Waals surface area contributed by atoms with Crippen molar-refractivity contribution in [1.29, 1.82) is 0 Å². The number of nitrogens with one attached hydrogen (secondary N) is 1. The van der Waals surface area contributed by atoms with Crippen molar-refractivity contribution in [1.82, 2.24) is 20.1 Å². The number of imide groups is 1. The molecule has 2 aromatic rings. The Morgan fingerprint density at radius 1 is 1.15 bits per heavy atom. The number of hydrogen-bond donors (Lipinski definition) is 1. The molecule has 2 fully saturated rings. The van der Waals surface area contributed by atoms with Crippen LogP contribution >= 0.6 is 0 Å². The molecule has 1 N–H and O–H groups in total. The fourth-order valence-corrected chi connectivity index (χ4v) is 4.64. The summed E-state index contributed by atoms with van der Waals surface area (Å²) in [7, 11) is 3.08. The van der Waals surface area contributed by atoms with E-state index in [0.29, 0.717) is 18.0 Å². The second-order valence-corrected chi connectivity index (χ2v) is 8.54. The molecule has 2 atom stereocenters. The van der Waals surface area contributed by atoms with Crippen molar-refractivity contribution in [3.8, 4) is 11.5 Å². The number of benzene rings is 1. The van der Waals surface area contributed by atoms with Crippen LogP contribution in [0.15, 0.2) is 42.7 Å². The Bertz CT molecular complexity index is 1040. The first kappa shape index (κ1) is 23.5. The molecule has 9 nitrogen and oxygen atoms in total. The first-order valence-electron chi connectivity index (χ1n) is 11.5. The van der Waals surface area contributed by atoms with Gasteiger partial charge in [0.2, 0.25) is 5.91 Å². The highest BCUT2D eigenvalue weighted by Crippen LogP contribution is 2.32. The van der Waals surface area contributed by atoms with Gasteiger partial charge in [0.25, 0.3) is 5.91 Å². The molecule has 9 heteroatoms. The molecule has 0 spiro atoms. The number of hydrogen-bond acceptors (Lipinski definition) is 6. The second kappa shape index (κ2) is 10.5. The molecule has 4 rings (SSSR count). The van der Waals surface area contributed by atoms with E-state index in [0.717, 1.165) is 30.4 Å². The van der Waals surface area contributed by atoms with Crippen LogP contribution in [0, 0.1) is 0 Å². The molecule has 34 heavy (non-hydrogen) atoms. The van der Waals surface area contributed by atoms with Crippen molar-refractivity contribution in [2.24, 2.45) is 0 Å². The number of amides is 4. The average molecular weight is 467 g/mol. The minimum Gasteiger partial charge on any atom is -0.493 e. The first-order valence-corrected chi connectivity index (χ1v) is 11.5. The molecule has 180 valence electrons. The zero-order valence-electron chi connectivity index (χ0n) is 19.5. The standard InChI is InChI=1S/C25H30N4O5/c1-33-21-10-8-17(14-22(21)34-2)16-29-24(31)19(27-25(29)32)9-11-23(30)28-13-4-3-7-20(28)18-6-5-12-26-15-18/h5-6,8,10,12,14-15,19-20H,3-4,7,9,11,13,16H2,1-2H3,(H,27,32). The van der Waals surface area contributed by atoms with Crippen LogP contribution < -0.4 is 14.8 Å². The van der Waals surface area contributed by atoms with Crippen LogP contribution in [0.25, 0.3) is 0 Å². The van der Waals surface area contributed by atoms with Gasteiger partial charge in [-0.1, -0.05) is 12.1 Å². The minimum absolute atomic E-state index is 0.00497. The van der Waals surface area contributed by atoms with Gasteiger partial charge < -0.3 is 19.7 Å². The smallest absolute Gasteiger partial charge is 0.325 e. The lowest BCUT2D eigenvalue weighted by atomic mass is 9.95. The molecule has 0 bridgehead atoms. The summed E-state index contributed by atoms with van der Waals surface area (Å²) in [5.41, 5.74) is 1.77. The number of likely N-dealkylation sites (tertiary alicyclic amines) is 1. The molecule has 1 aromatic heterocycles. The lowest BCUT2D eigenvalue weighted by molar-refractivity contribution is -0.135. The fourth-order valence-electron chi connectivity index (χ4n) is 4.64. The topological polar surface area (TPSA) is 101 Å². The van der Waals surface area contributed by atoms with E-state index >= 15 is 0 Å². The number of carbonyl (C=O) groups is 3. The molecule has 1 aromatic carbocycles. The fraction of sp³-hybridized carbons (Fsp3) is 0.440. The average Bonchev–Trinajstić information content (AvgIpc) is 3.15. The van der Waals surface area contributed by atoms with Gasteiger partial charge in [0.05, 0.1) is 26.8 Å². The molecule has 0 radical (unpaired) electrons. The van der Waals surface area contributed by atoms with Crippen molar-refractivity contribution in [3.63, 3.8) is 0 Å². The maximum absolute atomic E-state index is 13.1.